The topological polar surface area (TPSA) is 79.3 Å². The molecule has 5 heteroatoms. The summed E-state index contributed by atoms with van der Waals surface area (Å²) >= 11 is 0. The van der Waals surface area contributed by atoms with Crippen molar-refractivity contribution in [3.05, 3.63) is 41.6 Å². The largest absolute Gasteiger partial charge is 0.481 e. The lowest BCUT2D eigenvalue weighted by atomic mass is 10.0. The van der Waals surface area contributed by atoms with Crippen molar-refractivity contribution in [1.29, 1.82) is 0 Å². The Kier molecular flexibility index (Phi) is 5.32. The first-order chi connectivity index (χ1) is 10.9. The van der Waals surface area contributed by atoms with E-state index in [0.717, 1.165) is 16.6 Å². The van der Waals surface area contributed by atoms with Crippen LogP contribution in [0.5, 0.6) is 0 Å². The van der Waals surface area contributed by atoms with E-state index in [0.29, 0.717) is 12.1 Å². The van der Waals surface area contributed by atoms with Gasteiger partial charge in [0.15, 0.2) is 0 Å². The molecule has 0 bridgehead atoms. The van der Waals surface area contributed by atoms with E-state index in [9.17, 15) is 9.59 Å². The van der Waals surface area contributed by atoms with Crippen LogP contribution >= 0.6 is 0 Å². The molecule has 2 rings (SSSR count). The molecule has 1 amide bonds. The fourth-order valence-corrected chi connectivity index (χ4v) is 2.41. The Hall–Kier alpha value is -2.43. The highest BCUT2D eigenvalue weighted by atomic mass is 16.4. The van der Waals surface area contributed by atoms with Crippen molar-refractivity contribution in [3.63, 3.8) is 0 Å². The normalized spacial score (nSPS) is 12.3. The van der Waals surface area contributed by atoms with E-state index in [1.807, 2.05) is 44.2 Å². The lowest BCUT2D eigenvalue weighted by molar-refractivity contribution is -0.137. The van der Waals surface area contributed by atoms with Crippen LogP contribution in [0.2, 0.25) is 0 Å². The number of aromatic nitrogens is 1. The number of benzene rings is 1. The molecule has 1 aromatic heterocycles. The third-order valence-corrected chi connectivity index (χ3v) is 3.71. The Labute approximate surface area is 135 Å². The van der Waals surface area contributed by atoms with Gasteiger partial charge in [0, 0.05) is 24.0 Å². The fourth-order valence-electron chi connectivity index (χ4n) is 2.41. The van der Waals surface area contributed by atoms with E-state index < -0.39 is 5.97 Å². The second-order valence-corrected chi connectivity index (χ2v) is 6.18. The number of carboxylic acids is 1. The second kappa shape index (κ2) is 7.22. The molecule has 1 atom stereocenters. The minimum absolute atomic E-state index is 0.0363. The van der Waals surface area contributed by atoms with E-state index in [2.05, 4.69) is 10.3 Å². The molecule has 0 aliphatic heterocycles. The maximum atomic E-state index is 12.5. The number of pyridine rings is 1. The van der Waals surface area contributed by atoms with Crippen molar-refractivity contribution in [1.82, 2.24) is 10.3 Å². The lowest BCUT2D eigenvalue weighted by Gasteiger charge is -2.14. The minimum atomic E-state index is -0.858. The zero-order chi connectivity index (χ0) is 17.0. The van der Waals surface area contributed by atoms with Crippen molar-refractivity contribution >= 4 is 22.8 Å². The van der Waals surface area contributed by atoms with Crippen LogP contribution in [0.4, 0.5) is 0 Å². The summed E-state index contributed by atoms with van der Waals surface area (Å²) in [7, 11) is 0. The highest BCUT2D eigenvalue weighted by molar-refractivity contribution is 6.06. The van der Waals surface area contributed by atoms with E-state index in [-0.39, 0.29) is 24.2 Å². The summed E-state index contributed by atoms with van der Waals surface area (Å²) in [5.41, 5.74) is 2.25. The zero-order valence-corrected chi connectivity index (χ0v) is 13.7. The molecule has 0 fully saturated rings. The molecule has 1 aromatic carbocycles. The number of nitrogens with zero attached hydrogens (tertiary/aromatic N) is 1. The zero-order valence-electron chi connectivity index (χ0n) is 13.7. The Balaban J connectivity index is 2.26. The fraction of sp³-hybridized carbons (Fsp3) is 0.389. The molecule has 0 spiro atoms. The van der Waals surface area contributed by atoms with Crippen LogP contribution in [0, 0.1) is 5.92 Å². The van der Waals surface area contributed by atoms with Crippen molar-refractivity contribution in [2.24, 2.45) is 5.92 Å². The maximum Gasteiger partial charge on any atom is 0.303 e. The summed E-state index contributed by atoms with van der Waals surface area (Å²) in [6.07, 6.45) is 0.0363. The van der Waals surface area contributed by atoms with Crippen LogP contribution in [0.3, 0.4) is 0 Å². The van der Waals surface area contributed by atoms with Gasteiger partial charge >= 0.3 is 5.97 Å². The molecular formula is C18H22N2O3. The summed E-state index contributed by atoms with van der Waals surface area (Å²) in [5, 5.41) is 12.4. The van der Waals surface area contributed by atoms with Crippen LogP contribution < -0.4 is 5.32 Å². The average Bonchev–Trinajstić information content (AvgIpc) is 2.50. The molecular weight excluding hydrogens is 292 g/mol. The number of aliphatic carboxylic acids is 1. The summed E-state index contributed by atoms with van der Waals surface area (Å²) < 4.78 is 0. The molecule has 0 aliphatic rings. The monoisotopic (exact) mass is 314 g/mol. The van der Waals surface area contributed by atoms with Gasteiger partial charge in [0.25, 0.3) is 5.91 Å². The summed E-state index contributed by atoms with van der Waals surface area (Å²) in [6, 6.07) is 9.37. The van der Waals surface area contributed by atoms with Crippen molar-refractivity contribution in [3.8, 4) is 0 Å². The van der Waals surface area contributed by atoms with Crippen molar-refractivity contribution in [2.45, 2.75) is 33.1 Å². The number of para-hydroxylation sites is 1. The van der Waals surface area contributed by atoms with Gasteiger partial charge in [-0.2, -0.15) is 0 Å². The molecule has 2 N–H and O–H groups in total. The maximum absolute atomic E-state index is 12.5. The van der Waals surface area contributed by atoms with Crippen LogP contribution in [0.1, 0.15) is 49.2 Å². The van der Waals surface area contributed by atoms with Gasteiger partial charge in [0.05, 0.1) is 11.1 Å². The minimum Gasteiger partial charge on any atom is -0.481 e. The first kappa shape index (κ1) is 16.9. The predicted octanol–water partition coefficient (Wildman–Crippen LogP) is 3.20. The standard InChI is InChI=1S/C18H22N2O3/c1-11(2)16-9-14(13-6-4-5-7-15(13)20-16)18(23)19-10-12(3)8-17(21)22/h4-7,9,11-12H,8,10H2,1-3H3,(H,19,23)(H,21,22). The first-order valence-corrected chi connectivity index (χ1v) is 7.78. The molecule has 1 unspecified atom stereocenters. The number of rotatable bonds is 6. The number of fused-ring (bicyclic) bond motifs is 1. The van der Waals surface area contributed by atoms with Gasteiger partial charge in [0.2, 0.25) is 0 Å². The van der Waals surface area contributed by atoms with Crippen LogP contribution in [0.15, 0.2) is 30.3 Å². The summed E-state index contributed by atoms with van der Waals surface area (Å²) in [5.74, 6) is -0.947. The SMILES string of the molecule is CC(CNC(=O)c1cc(C(C)C)nc2ccccc12)CC(=O)O. The van der Waals surface area contributed by atoms with Crippen LogP contribution in [-0.2, 0) is 4.79 Å². The molecule has 0 radical (unpaired) electrons. The van der Waals surface area contributed by atoms with E-state index in [1.165, 1.54) is 0 Å². The van der Waals surface area contributed by atoms with Crippen molar-refractivity contribution < 1.29 is 14.7 Å². The Morgan fingerprint density at radius 3 is 2.57 bits per heavy atom. The van der Waals surface area contributed by atoms with E-state index >= 15 is 0 Å². The highest BCUT2D eigenvalue weighted by Gasteiger charge is 2.15. The molecule has 1 heterocycles. The summed E-state index contributed by atoms with van der Waals surface area (Å²) in [4.78, 5) is 27.8. The number of hydrogen-bond donors (Lipinski definition) is 2. The smallest absolute Gasteiger partial charge is 0.303 e. The first-order valence-electron chi connectivity index (χ1n) is 7.78. The number of hydrogen-bond acceptors (Lipinski definition) is 3. The van der Waals surface area contributed by atoms with Crippen LogP contribution in [-0.4, -0.2) is 28.5 Å². The molecule has 5 nitrogen and oxygen atoms in total. The lowest BCUT2D eigenvalue weighted by Crippen LogP contribution is -2.29. The third-order valence-electron chi connectivity index (χ3n) is 3.71. The molecule has 0 saturated carbocycles. The van der Waals surface area contributed by atoms with Gasteiger partial charge < -0.3 is 10.4 Å². The Morgan fingerprint density at radius 1 is 1.22 bits per heavy atom. The molecule has 23 heavy (non-hydrogen) atoms. The van der Waals surface area contributed by atoms with Crippen molar-refractivity contribution in [2.75, 3.05) is 6.54 Å². The average molecular weight is 314 g/mol. The highest BCUT2D eigenvalue weighted by Crippen LogP contribution is 2.22. The Morgan fingerprint density at radius 2 is 1.91 bits per heavy atom. The quantitative estimate of drug-likeness (QED) is 0.858. The second-order valence-electron chi connectivity index (χ2n) is 6.18. The molecule has 0 saturated heterocycles. The van der Waals surface area contributed by atoms with Gasteiger partial charge in [-0.1, -0.05) is 39.0 Å². The van der Waals surface area contributed by atoms with Gasteiger partial charge in [-0.15, -0.1) is 0 Å². The summed E-state index contributed by atoms with van der Waals surface area (Å²) in [6.45, 7) is 6.21. The Bertz CT molecular complexity index is 725. The van der Waals surface area contributed by atoms with Gasteiger partial charge in [-0.25, -0.2) is 0 Å². The number of amides is 1. The van der Waals surface area contributed by atoms with Gasteiger partial charge in [-0.05, 0) is 24.0 Å². The molecule has 122 valence electrons. The van der Waals surface area contributed by atoms with Crippen LogP contribution in [0.25, 0.3) is 10.9 Å². The van der Waals surface area contributed by atoms with E-state index in [1.54, 1.807) is 6.92 Å². The number of carbonyl (C=O) groups is 2. The number of carboxylic acid groups (broad SMARTS) is 1. The number of carbonyl (C=O) groups excluding carboxylic acids is 1. The van der Waals surface area contributed by atoms with Gasteiger partial charge in [0.1, 0.15) is 0 Å². The molecule has 0 aliphatic carbocycles. The van der Waals surface area contributed by atoms with Gasteiger partial charge in [-0.3, -0.25) is 14.6 Å². The van der Waals surface area contributed by atoms with E-state index in [4.69, 9.17) is 5.11 Å². The predicted molar refractivity (Wildman–Crippen MR) is 89.6 cm³/mol. The third kappa shape index (κ3) is 4.28. The molecule has 2 aromatic rings. The number of nitrogens with one attached hydrogen (secondary N) is 1.